The molecule has 0 bridgehead atoms. The largest absolute Gasteiger partial charge is 0.496 e. The van der Waals surface area contributed by atoms with Crippen molar-refractivity contribution < 1.29 is 19.1 Å². The Morgan fingerprint density at radius 3 is 1.38 bits per heavy atom. The summed E-state index contributed by atoms with van der Waals surface area (Å²) in [5, 5.41) is 14.0. The Morgan fingerprint density at radius 1 is 0.625 bits per heavy atom. The second kappa shape index (κ2) is 10.8. The Kier molecular flexibility index (Phi) is 6.85. The van der Waals surface area contributed by atoms with Crippen molar-refractivity contribution >= 4 is 66.3 Å². The van der Waals surface area contributed by atoms with Gasteiger partial charge in [-0.25, -0.2) is 9.97 Å². The second-order valence-electron chi connectivity index (χ2n) is 8.78. The molecule has 0 atom stereocenters. The fraction of sp³-hybridized carbons (Fsp3) is 0.0667. The van der Waals surface area contributed by atoms with Crippen LogP contribution in [-0.2, 0) is 0 Å². The van der Waals surface area contributed by atoms with Crippen LogP contribution >= 0.6 is 22.7 Å². The number of carbonyl (C=O) groups is 2. The van der Waals surface area contributed by atoms with Crippen LogP contribution in [0.5, 0.6) is 11.5 Å². The van der Waals surface area contributed by atoms with Gasteiger partial charge in [0.05, 0.1) is 25.3 Å². The molecule has 6 aromatic rings. The summed E-state index contributed by atoms with van der Waals surface area (Å²) < 4.78 is 10.9. The molecule has 0 spiro atoms. The predicted octanol–water partition coefficient (Wildman–Crippen LogP) is 7.09. The van der Waals surface area contributed by atoms with Crippen LogP contribution in [0.1, 0.15) is 20.7 Å². The summed E-state index contributed by atoms with van der Waals surface area (Å²) >= 11 is 2.57. The monoisotopic (exact) mass is 566 g/mol. The average Bonchev–Trinajstić information content (AvgIpc) is 3.65. The van der Waals surface area contributed by atoms with Gasteiger partial charge in [0.1, 0.15) is 22.9 Å². The first kappa shape index (κ1) is 25.5. The maximum atomic E-state index is 13.1. The van der Waals surface area contributed by atoms with Gasteiger partial charge in [0.25, 0.3) is 11.8 Å². The molecule has 0 aliphatic carbocycles. The lowest BCUT2D eigenvalue weighted by molar-refractivity contribution is 0.101. The van der Waals surface area contributed by atoms with E-state index in [1.165, 1.54) is 36.9 Å². The standard InChI is InChI=1S/C30H22N4O4S2/c1-37-25-13-19-9-5-3-7-17(19)11-21(25)27(35)33-29-31-23(15-39-29)24-16-40-30(32-24)34-28(36)22-12-18-8-4-6-10-20(18)14-26(22)38-2/h3-16H,1-2H3,(H,31,33,35)(H,32,34,36). The van der Waals surface area contributed by atoms with Crippen LogP contribution in [0.2, 0.25) is 0 Å². The number of fused-ring (bicyclic) bond motifs is 2. The lowest BCUT2D eigenvalue weighted by Crippen LogP contribution is -2.13. The fourth-order valence-electron chi connectivity index (χ4n) is 4.36. The molecule has 0 saturated heterocycles. The number of hydrogen-bond acceptors (Lipinski definition) is 8. The zero-order chi connectivity index (χ0) is 27.6. The number of rotatable bonds is 7. The van der Waals surface area contributed by atoms with Crippen molar-refractivity contribution in [3.05, 3.63) is 94.7 Å². The first-order valence-electron chi connectivity index (χ1n) is 12.2. The molecular weight excluding hydrogens is 544 g/mol. The SMILES string of the molecule is COc1cc2ccccc2cc1C(=O)Nc1nc(-c2csc(NC(=O)c3cc4ccccc4cc3OC)n2)cs1. The van der Waals surface area contributed by atoms with E-state index in [9.17, 15) is 9.59 Å². The van der Waals surface area contributed by atoms with Crippen molar-refractivity contribution in [3.63, 3.8) is 0 Å². The van der Waals surface area contributed by atoms with Gasteiger partial charge in [-0.2, -0.15) is 0 Å². The third kappa shape index (κ3) is 4.97. The molecule has 0 saturated carbocycles. The Morgan fingerprint density at radius 2 is 1.00 bits per heavy atom. The number of nitrogens with zero attached hydrogens (tertiary/aromatic N) is 2. The average molecular weight is 567 g/mol. The molecule has 2 heterocycles. The molecule has 10 heteroatoms. The number of benzene rings is 4. The number of hydrogen-bond donors (Lipinski definition) is 2. The zero-order valence-electron chi connectivity index (χ0n) is 21.4. The lowest BCUT2D eigenvalue weighted by atomic mass is 10.1. The molecule has 2 aromatic heterocycles. The first-order chi connectivity index (χ1) is 19.5. The number of anilines is 2. The van der Waals surface area contributed by atoms with Gasteiger partial charge in [-0.3, -0.25) is 20.2 Å². The van der Waals surface area contributed by atoms with Gasteiger partial charge in [0.2, 0.25) is 0 Å². The van der Waals surface area contributed by atoms with Crippen LogP contribution < -0.4 is 20.1 Å². The molecule has 2 amide bonds. The van der Waals surface area contributed by atoms with E-state index in [4.69, 9.17) is 9.47 Å². The van der Waals surface area contributed by atoms with Crippen LogP contribution in [0.4, 0.5) is 10.3 Å². The van der Waals surface area contributed by atoms with Crippen LogP contribution in [-0.4, -0.2) is 36.0 Å². The van der Waals surface area contributed by atoms with Crippen LogP contribution in [0, 0.1) is 0 Å². The van der Waals surface area contributed by atoms with E-state index in [1.807, 2.05) is 60.7 Å². The van der Waals surface area contributed by atoms with Crippen LogP contribution in [0.3, 0.4) is 0 Å². The maximum absolute atomic E-state index is 13.1. The highest BCUT2D eigenvalue weighted by molar-refractivity contribution is 7.15. The first-order valence-corrected chi connectivity index (χ1v) is 14.0. The zero-order valence-corrected chi connectivity index (χ0v) is 23.1. The summed E-state index contributed by atoms with van der Waals surface area (Å²) in [6.45, 7) is 0. The third-order valence-electron chi connectivity index (χ3n) is 6.34. The minimum Gasteiger partial charge on any atom is -0.496 e. The highest BCUT2D eigenvalue weighted by Crippen LogP contribution is 2.32. The molecule has 40 heavy (non-hydrogen) atoms. The van der Waals surface area contributed by atoms with Crippen molar-refractivity contribution in [2.75, 3.05) is 24.9 Å². The summed E-state index contributed by atoms with van der Waals surface area (Å²) in [7, 11) is 3.08. The molecule has 0 aliphatic rings. The van der Waals surface area contributed by atoms with Gasteiger partial charge in [0.15, 0.2) is 10.3 Å². The maximum Gasteiger partial charge on any atom is 0.261 e. The lowest BCUT2D eigenvalue weighted by Gasteiger charge is -2.10. The highest BCUT2D eigenvalue weighted by atomic mass is 32.1. The van der Waals surface area contributed by atoms with E-state index in [-0.39, 0.29) is 11.8 Å². The van der Waals surface area contributed by atoms with Crippen molar-refractivity contribution in [2.45, 2.75) is 0 Å². The Hall–Kier alpha value is -4.80. The van der Waals surface area contributed by atoms with Gasteiger partial charge in [-0.1, -0.05) is 48.5 Å². The minimum atomic E-state index is -0.320. The van der Waals surface area contributed by atoms with E-state index in [0.29, 0.717) is 44.3 Å². The number of thiazole rings is 2. The van der Waals surface area contributed by atoms with Gasteiger partial charge >= 0.3 is 0 Å². The van der Waals surface area contributed by atoms with E-state index in [1.54, 1.807) is 22.9 Å². The molecule has 0 unspecified atom stereocenters. The van der Waals surface area contributed by atoms with Crippen LogP contribution in [0.25, 0.3) is 32.9 Å². The number of aromatic nitrogens is 2. The highest BCUT2D eigenvalue weighted by Gasteiger charge is 2.18. The summed E-state index contributed by atoms with van der Waals surface area (Å²) in [5.41, 5.74) is 2.01. The molecule has 0 fully saturated rings. The van der Waals surface area contributed by atoms with Crippen molar-refractivity contribution in [1.29, 1.82) is 0 Å². The third-order valence-corrected chi connectivity index (χ3v) is 7.85. The van der Waals surface area contributed by atoms with Crippen molar-refractivity contribution in [1.82, 2.24) is 9.97 Å². The molecule has 6 rings (SSSR count). The van der Waals surface area contributed by atoms with Crippen molar-refractivity contribution in [3.8, 4) is 22.9 Å². The molecule has 2 N–H and O–H groups in total. The Balaban J connectivity index is 1.18. The summed E-state index contributed by atoms with van der Waals surface area (Å²) in [6.07, 6.45) is 0. The number of ether oxygens (including phenoxy) is 2. The van der Waals surface area contributed by atoms with E-state index < -0.39 is 0 Å². The van der Waals surface area contributed by atoms with Gasteiger partial charge < -0.3 is 9.47 Å². The van der Waals surface area contributed by atoms with Crippen LogP contribution in [0.15, 0.2) is 83.6 Å². The summed E-state index contributed by atoms with van der Waals surface area (Å²) in [5.74, 6) is 0.324. The second-order valence-corrected chi connectivity index (χ2v) is 10.5. The molecule has 0 radical (unpaired) electrons. The normalized spacial score (nSPS) is 10.9. The minimum absolute atomic E-state index is 0.320. The van der Waals surface area contributed by atoms with E-state index in [0.717, 1.165) is 21.5 Å². The van der Waals surface area contributed by atoms with Gasteiger partial charge in [-0.15, -0.1) is 22.7 Å². The van der Waals surface area contributed by atoms with Crippen molar-refractivity contribution in [2.24, 2.45) is 0 Å². The van der Waals surface area contributed by atoms with Gasteiger partial charge in [0, 0.05) is 10.8 Å². The molecule has 198 valence electrons. The van der Waals surface area contributed by atoms with E-state index in [2.05, 4.69) is 20.6 Å². The molecule has 8 nitrogen and oxygen atoms in total. The Bertz CT molecular complexity index is 1760. The predicted molar refractivity (Wildman–Crippen MR) is 160 cm³/mol. The summed E-state index contributed by atoms with van der Waals surface area (Å²) in [4.78, 5) is 35.2. The number of methoxy groups -OCH3 is 2. The Labute approximate surface area is 237 Å². The number of amides is 2. The number of carbonyl (C=O) groups excluding carboxylic acids is 2. The van der Waals surface area contributed by atoms with E-state index >= 15 is 0 Å². The van der Waals surface area contributed by atoms with Gasteiger partial charge in [-0.05, 0) is 45.8 Å². The topological polar surface area (TPSA) is 102 Å². The molecule has 4 aromatic carbocycles. The molecule has 0 aliphatic heterocycles. The number of nitrogens with one attached hydrogen (secondary N) is 2. The quantitative estimate of drug-likeness (QED) is 0.214. The fourth-order valence-corrected chi connectivity index (χ4v) is 5.76. The molecular formula is C30H22N4O4S2. The summed E-state index contributed by atoms with van der Waals surface area (Å²) in [6, 6.07) is 22.8. The smallest absolute Gasteiger partial charge is 0.261 e.